The van der Waals surface area contributed by atoms with Crippen LogP contribution in [0.25, 0.3) is 0 Å². The van der Waals surface area contributed by atoms with Crippen LogP contribution in [0, 0.1) is 0 Å². The summed E-state index contributed by atoms with van der Waals surface area (Å²) < 4.78 is 12.3. The van der Waals surface area contributed by atoms with Gasteiger partial charge in [-0.15, -0.1) is 23.5 Å². The van der Waals surface area contributed by atoms with Crippen molar-refractivity contribution < 1.29 is 9.50 Å². The number of hydrogen-bond acceptors (Lipinski definition) is 3. The van der Waals surface area contributed by atoms with E-state index in [9.17, 15) is 4.39 Å². The first-order chi connectivity index (χ1) is 4.26. The molecule has 0 saturated heterocycles. The van der Waals surface area contributed by atoms with E-state index < -0.39 is 6.67 Å². The predicted molar refractivity (Wildman–Crippen MR) is 42.7 cm³/mol. The van der Waals surface area contributed by atoms with E-state index >= 15 is 0 Å². The molecule has 0 fully saturated rings. The summed E-state index contributed by atoms with van der Waals surface area (Å²) in [6, 6.07) is 0. The van der Waals surface area contributed by atoms with Gasteiger partial charge in [0.25, 0.3) is 0 Å². The van der Waals surface area contributed by atoms with Crippen LogP contribution in [0.5, 0.6) is 0 Å². The number of halogens is 1. The first-order valence-electron chi connectivity index (χ1n) is 2.32. The lowest BCUT2D eigenvalue weighted by Crippen LogP contribution is -1.85. The molecule has 0 heterocycles. The average molecular weight is 168 g/mol. The lowest BCUT2D eigenvalue weighted by Gasteiger charge is -1.99. The molecular weight excluding hydrogens is 159 g/mol. The number of rotatable bonds is 3. The molecule has 0 aromatic rings. The summed E-state index contributed by atoms with van der Waals surface area (Å²) in [5.41, 5.74) is 0. The maximum atomic E-state index is 11.7. The molecular formula is C5H9FOS2. The first-order valence-corrected chi connectivity index (χ1v) is 4.77. The van der Waals surface area contributed by atoms with E-state index in [0.29, 0.717) is 4.24 Å². The van der Waals surface area contributed by atoms with Crippen molar-refractivity contribution >= 4 is 23.5 Å². The Morgan fingerprint density at radius 1 is 1.44 bits per heavy atom. The monoisotopic (exact) mass is 168 g/mol. The summed E-state index contributed by atoms with van der Waals surface area (Å²) >= 11 is 2.71. The van der Waals surface area contributed by atoms with Crippen molar-refractivity contribution in [3.8, 4) is 0 Å². The highest BCUT2D eigenvalue weighted by Gasteiger charge is 2.00. The number of aliphatic hydroxyl groups is 1. The fraction of sp³-hybridized carbons (Fsp3) is 0.600. The van der Waals surface area contributed by atoms with Gasteiger partial charge in [-0.1, -0.05) is 0 Å². The van der Waals surface area contributed by atoms with Crippen molar-refractivity contribution in [2.24, 2.45) is 0 Å². The smallest absolute Gasteiger partial charge is 0.148 e. The van der Waals surface area contributed by atoms with Gasteiger partial charge in [-0.25, -0.2) is 4.39 Å². The Hall–Kier alpha value is 0.170. The number of allylic oxidation sites excluding steroid dienone is 1. The van der Waals surface area contributed by atoms with Gasteiger partial charge in [0.05, 0.1) is 4.24 Å². The van der Waals surface area contributed by atoms with E-state index in [1.54, 1.807) is 12.5 Å². The molecule has 9 heavy (non-hydrogen) atoms. The van der Waals surface area contributed by atoms with Crippen LogP contribution in [-0.2, 0) is 0 Å². The Kier molecular flexibility index (Phi) is 5.09. The molecule has 0 bridgehead atoms. The van der Waals surface area contributed by atoms with Gasteiger partial charge in [0, 0.05) is 0 Å². The third kappa shape index (κ3) is 3.01. The summed E-state index contributed by atoms with van der Waals surface area (Å²) in [4.78, 5) is 0. The molecule has 54 valence electrons. The Morgan fingerprint density at radius 2 is 1.89 bits per heavy atom. The van der Waals surface area contributed by atoms with Gasteiger partial charge in [0.2, 0.25) is 0 Å². The Labute approximate surface area is 62.7 Å². The summed E-state index contributed by atoms with van der Waals surface area (Å²) in [7, 11) is 0. The van der Waals surface area contributed by atoms with Crippen molar-refractivity contribution in [1.29, 1.82) is 0 Å². The van der Waals surface area contributed by atoms with Gasteiger partial charge in [0.1, 0.15) is 12.4 Å². The van der Waals surface area contributed by atoms with Crippen molar-refractivity contribution in [3.05, 3.63) is 10.00 Å². The molecule has 0 radical (unpaired) electrons. The van der Waals surface area contributed by atoms with Gasteiger partial charge in [-0.3, -0.25) is 0 Å². The van der Waals surface area contributed by atoms with Gasteiger partial charge in [0.15, 0.2) is 0 Å². The summed E-state index contributed by atoms with van der Waals surface area (Å²) in [5.74, 6) is -0.157. The molecule has 0 spiro atoms. The standard InChI is InChI=1S/C5H9FOS2/c1-8-5(9-2)4(7)3-6/h7H,3H2,1-2H3. The minimum absolute atomic E-state index is 0.157. The van der Waals surface area contributed by atoms with Gasteiger partial charge >= 0.3 is 0 Å². The van der Waals surface area contributed by atoms with Crippen LogP contribution in [0.2, 0.25) is 0 Å². The van der Waals surface area contributed by atoms with Crippen LogP contribution >= 0.6 is 23.5 Å². The summed E-state index contributed by atoms with van der Waals surface area (Å²) in [5, 5.41) is 8.78. The maximum Gasteiger partial charge on any atom is 0.148 e. The fourth-order valence-corrected chi connectivity index (χ4v) is 1.62. The minimum Gasteiger partial charge on any atom is -0.508 e. The zero-order chi connectivity index (χ0) is 7.28. The lowest BCUT2D eigenvalue weighted by molar-refractivity contribution is 0.345. The molecule has 1 nitrogen and oxygen atoms in total. The molecule has 4 heteroatoms. The van der Waals surface area contributed by atoms with Gasteiger partial charge < -0.3 is 5.11 Å². The second kappa shape index (κ2) is 4.99. The van der Waals surface area contributed by atoms with Crippen LogP contribution in [0.15, 0.2) is 10.00 Å². The first kappa shape index (κ1) is 9.17. The van der Waals surface area contributed by atoms with Crippen LogP contribution < -0.4 is 0 Å². The second-order valence-electron chi connectivity index (χ2n) is 1.28. The van der Waals surface area contributed by atoms with Crippen molar-refractivity contribution in [3.63, 3.8) is 0 Å². The number of aliphatic hydroxyl groups excluding tert-OH is 1. The number of hydrogen-bond donors (Lipinski definition) is 1. The van der Waals surface area contributed by atoms with Crippen LogP contribution in [0.1, 0.15) is 0 Å². The third-order valence-electron chi connectivity index (χ3n) is 0.733. The molecule has 1 N–H and O–H groups in total. The fourth-order valence-electron chi connectivity index (χ4n) is 0.374. The summed E-state index contributed by atoms with van der Waals surface area (Å²) in [6.07, 6.45) is 3.61. The van der Waals surface area contributed by atoms with Crippen LogP contribution in [0.4, 0.5) is 4.39 Å². The Bertz CT molecular complexity index is 108. The van der Waals surface area contributed by atoms with Crippen molar-refractivity contribution in [2.75, 3.05) is 19.2 Å². The van der Waals surface area contributed by atoms with Crippen LogP contribution in [-0.4, -0.2) is 24.3 Å². The topological polar surface area (TPSA) is 20.2 Å². The van der Waals surface area contributed by atoms with E-state index in [1.807, 2.05) is 0 Å². The molecule has 0 aliphatic rings. The maximum absolute atomic E-state index is 11.7. The third-order valence-corrected chi connectivity index (χ3v) is 2.95. The lowest BCUT2D eigenvalue weighted by atomic mass is 10.6. The predicted octanol–water partition coefficient (Wildman–Crippen LogP) is 2.41. The van der Waals surface area contributed by atoms with E-state index in [1.165, 1.54) is 23.5 Å². The highest BCUT2D eigenvalue weighted by molar-refractivity contribution is 8.21. The molecule has 0 aliphatic heterocycles. The Morgan fingerprint density at radius 3 is 2.00 bits per heavy atom. The number of thioether (sulfide) groups is 2. The molecule has 0 atom stereocenters. The SMILES string of the molecule is CSC(SC)=C(O)CF. The Balaban J connectivity index is 4.01. The normalized spacial score (nSPS) is 9.22. The molecule has 0 rings (SSSR count). The van der Waals surface area contributed by atoms with Gasteiger partial charge in [-0.05, 0) is 12.5 Å². The second-order valence-corrected chi connectivity index (χ2v) is 3.17. The molecule has 0 aromatic carbocycles. The van der Waals surface area contributed by atoms with Crippen LogP contribution in [0.3, 0.4) is 0 Å². The van der Waals surface area contributed by atoms with Crippen molar-refractivity contribution in [1.82, 2.24) is 0 Å². The molecule has 0 saturated carbocycles. The quantitative estimate of drug-likeness (QED) is 0.653. The molecule has 0 unspecified atom stereocenters. The molecule has 0 amide bonds. The zero-order valence-electron chi connectivity index (χ0n) is 5.35. The number of alkyl halides is 1. The van der Waals surface area contributed by atoms with E-state index in [4.69, 9.17) is 5.11 Å². The largest absolute Gasteiger partial charge is 0.508 e. The zero-order valence-corrected chi connectivity index (χ0v) is 6.98. The minimum atomic E-state index is -0.767. The highest BCUT2D eigenvalue weighted by Crippen LogP contribution is 2.26. The molecule has 0 aromatic heterocycles. The molecule has 0 aliphatic carbocycles. The van der Waals surface area contributed by atoms with Crippen molar-refractivity contribution in [2.45, 2.75) is 0 Å². The van der Waals surface area contributed by atoms with Gasteiger partial charge in [-0.2, -0.15) is 0 Å². The van der Waals surface area contributed by atoms with E-state index in [-0.39, 0.29) is 5.76 Å². The highest BCUT2D eigenvalue weighted by atomic mass is 32.2. The summed E-state index contributed by atoms with van der Waals surface area (Å²) in [6.45, 7) is -0.767. The average Bonchev–Trinajstić information content (AvgIpc) is 1.90. The van der Waals surface area contributed by atoms with E-state index in [0.717, 1.165) is 0 Å². The van der Waals surface area contributed by atoms with E-state index in [2.05, 4.69) is 0 Å².